The van der Waals surface area contributed by atoms with Gasteiger partial charge in [-0.15, -0.1) is 0 Å². The number of aromatic nitrogens is 2. The summed E-state index contributed by atoms with van der Waals surface area (Å²) in [6, 6.07) is 0. The molecule has 0 aliphatic heterocycles. The Morgan fingerprint density at radius 2 is 2.43 bits per heavy atom. The number of nitrogens with zero attached hydrogens (tertiary/aromatic N) is 2. The van der Waals surface area contributed by atoms with E-state index in [2.05, 4.69) is 10.2 Å². The molecule has 3 N–H and O–H groups in total. The van der Waals surface area contributed by atoms with Gasteiger partial charge in [0.2, 0.25) is 0 Å². The molecule has 78 valence electrons. The Morgan fingerprint density at radius 1 is 1.64 bits per heavy atom. The normalized spacial score (nSPS) is 10.5. The molecule has 0 amide bonds. The number of nitrogens with one attached hydrogen (secondary N) is 1. The van der Waals surface area contributed by atoms with Crippen LogP contribution in [0.15, 0.2) is 12.4 Å². The molecule has 0 aliphatic rings. The zero-order chi connectivity index (χ0) is 10.4. The summed E-state index contributed by atoms with van der Waals surface area (Å²) in [4.78, 5) is 3.99. The van der Waals surface area contributed by atoms with E-state index in [1.54, 1.807) is 13.0 Å². The van der Waals surface area contributed by atoms with Gasteiger partial charge in [0.1, 0.15) is 12.4 Å². The fourth-order valence-electron chi connectivity index (χ4n) is 1.26. The van der Waals surface area contributed by atoms with E-state index in [0.717, 1.165) is 19.5 Å². The van der Waals surface area contributed by atoms with Gasteiger partial charge in [-0.2, -0.15) is 0 Å². The van der Waals surface area contributed by atoms with E-state index < -0.39 is 7.05 Å². The van der Waals surface area contributed by atoms with Gasteiger partial charge in [-0.25, -0.2) is 4.98 Å². The molecule has 0 fully saturated rings. The standard InChI is InChI=1S/C8H16BN3O2/c1-9(14)11-3-2-5-12-6-4-10-8(12)7-13/h4,6,11,13-14H,2-3,5,7H2,1H3. The molecule has 0 aromatic carbocycles. The van der Waals surface area contributed by atoms with E-state index in [1.807, 2.05) is 10.8 Å². The monoisotopic (exact) mass is 197 g/mol. The van der Waals surface area contributed by atoms with Crippen molar-refractivity contribution in [3.63, 3.8) is 0 Å². The molecule has 0 saturated carbocycles. The molecule has 1 aromatic rings. The molecular formula is C8H16BN3O2. The van der Waals surface area contributed by atoms with Crippen molar-refractivity contribution in [3.05, 3.63) is 18.2 Å². The van der Waals surface area contributed by atoms with Gasteiger partial charge < -0.3 is 19.9 Å². The molecular weight excluding hydrogens is 181 g/mol. The Labute approximate surface area is 83.9 Å². The second-order valence-electron chi connectivity index (χ2n) is 3.18. The lowest BCUT2D eigenvalue weighted by Crippen LogP contribution is -2.31. The minimum absolute atomic E-state index is 0.0309. The van der Waals surface area contributed by atoms with E-state index in [0.29, 0.717) is 5.82 Å². The highest BCUT2D eigenvalue weighted by atomic mass is 16.3. The Morgan fingerprint density at radius 3 is 3.07 bits per heavy atom. The lowest BCUT2D eigenvalue weighted by Gasteiger charge is -2.07. The Balaban J connectivity index is 2.24. The van der Waals surface area contributed by atoms with Crippen molar-refractivity contribution in [1.29, 1.82) is 0 Å². The number of aryl methyl sites for hydroxylation is 1. The van der Waals surface area contributed by atoms with Crippen LogP contribution in [0.5, 0.6) is 0 Å². The molecule has 1 heterocycles. The maximum Gasteiger partial charge on any atom is 0.373 e. The van der Waals surface area contributed by atoms with Crippen molar-refractivity contribution in [2.75, 3.05) is 6.54 Å². The molecule has 6 heteroatoms. The van der Waals surface area contributed by atoms with Crippen molar-refractivity contribution >= 4 is 7.05 Å². The van der Waals surface area contributed by atoms with Gasteiger partial charge in [0.05, 0.1) is 0 Å². The van der Waals surface area contributed by atoms with Crippen LogP contribution in [0.1, 0.15) is 12.2 Å². The highest BCUT2D eigenvalue weighted by Crippen LogP contribution is 1.98. The Bertz CT molecular complexity index is 265. The summed E-state index contributed by atoms with van der Waals surface area (Å²) in [6.45, 7) is 3.21. The number of aliphatic hydroxyl groups is 1. The van der Waals surface area contributed by atoms with Crippen LogP contribution in [0.25, 0.3) is 0 Å². The van der Waals surface area contributed by atoms with E-state index in [-0.39, 0.29) is 6.61 Å². The zero-order valence-corrected chi connectivity index (χ0v) is 8.35. The van der Waals surface area contributed by atoms with Gasteiger partial charge in [-0.05, 0) is 19.8 Å². The van der Waals surface area contributed by atoms with Gasteiger partial charge in [-0.3, -0.25) is 0 Å². The van der Waals surface area contributed by atoms with Gasteiger partial charge in [-0.1, -0.05) is 0 Å². The molecule has 0 spiro atoms. The number of rotatable bonds is 6. The first kappa shape index (κ1) is 11.2. The topological polar surface area (TPSA) is 70.3 Å². The third-order valence-electron chi connectivity index (χ3n) is 1.96. The minimum Gasteiger partial charge on any atom is -0.437 e. The lowest BCUT2D eigenvalue weighted by molar-refractivity contribution is 0.264. The van der Waals surface area contributed by atoms with Crippen molar-refractivity contribution in [1.82, 2.24) is 14.8 Å². The summed E-state index contributed by atoms with van der Waals surface area (Å²) in [7, 11) is -0.463. The molecule has 0 saturated heterocycles. The minimum atomic E-state index is -0.463. The lowest BCUT2D eigenvalue weighted by atomic mass is 9.89. The van der Waals surface area contributed by atoms with E-state index in [1.165, 1.54) is 0 Å². The quantitative estimate of drug-likeness (QED) is 0.423. The van der Waals surface area contributed by atoms with Crippen LogP contribution in [0, 0.1) is 0 Å². The van der Waals surface area contributed by atoms with E-state index in [9.17, 15) is 0 Å². The molecule has 0 unspecified atom stereocenters. The van der Waals surface area contributed by atoms with Crippen LogP contribution in [-0.2, 0) is 13.2 Å². The summed E-state index contributed by atoms with van der Waals surface area (Å²) in [6.07, 6.45) is 4.41. The third kappa shape index (κ3) is 3.49. The predicted molar refractivity (Wildman–Crippen MR) is 54.6 cm³/mol. The molecule has 0 aliphatic carbocycles. The smallest absolute Gasteiger partial charge is 0.373 e. The molecule has 0 atom stereocenters. The van der Waals surface area contributed by atoms with Gasteiger partial charge in [0, 0.05) is 18.9 Å². The van der Waals surface area contributed by atoms with Crippen molar-refractivity contribution in [2.45, 2.75) is 26.4 Å². The average Bonchev–Trinajstić information content (AvgIpc) is 2.59. The molecule has 5 nitrogen and oxygen atoms in total. The van der Waals surface area contributed by atoms with E-state index >= 15 is 0 Å². The van der Waals surface area contributed by atoms with Crippen molar-refractivity contribution in [2.24, 2.45) is 0 Å². The van der Waals surface area contributed by atoms with Crippen LogP contribution in [0.3, 0.4) is 0 Å². The van der Waals surface area contributed by atoms with Crippen LogP contribution in [0.4, 0.5) is 0 Å². The molecule has 14 heavy (non-hydrogen) atoms. The first-order chi connectivity index (χ1) is 6.74. The maximum atomic E-state index is 8.94. The largest absolute Gasteiger partial charge is 0.437 e. The van der Waals surface area contributed by atoms with Gasteiger partial charge >= 0.3 is 7.05 Å². The maximum absolute atomic E-state index is 8.94. The zero-order valence-electron chi connectivity index (χ0n) is 8.35. The highest BCUT2D eigenvalue weighted by Gasteiger charge is 2.02. The summed E-state index contributed by atoms with van der Waals surface area (Å²) in [5, 5.41) is 20.8. The number of hydrogen-bond donors (Lipinski definition) is 3. The summed E-state index contributed by atoms with van der Waals surface area (Å²) < 4.78 is 1.91. The first-order valence-corrected chi connectivity index (χ1v) is 4.76. The molecule has 0 bridgehead atoms. The molecule has 1 rings (SSSR count). The summed E-state index contributed by atoms with van der Waals surface area (Å²) in [5.41, 5.74) is 0. The van der Waals surface area contributed by atoms with Crippen LogP contribution in [-0.4, -0.2) is 33.3 Å². The summed E-state index contributed by atoms with van der Waals surface area (Å²) >= 11 is 0. The number of imidazole rings is 1. The number of hydrogen-bond acceptors (Lipinski definition) is 4. The van der Waals surface area contributed by atoms with Crippen LogP contribution >= 0.6 is 0 Å². The molecule has 0 radical (unpaired) electrons. The first-order valence-electron chi connectivity index (χ1n) is 4.76. The second-order valence-corrected chi connectivity index (χ2v) is 3.18. The van der Waals surface area contributed by atoms with Crippen molar-refractivity contribution < 1.29 is 10.1 Å². The average molecular weight is 197 g/mol. The number of aliphatic hydroxyl groups excluding tert-OH is 1. The second kappa shape index (κ2) is 5.80. The highest BCUT2D eigenvalue weighted by molar-refractivity contribution is 6.45. The van der Waals surface area contributed by atoms with E-state index in [4.69, 9.17) is 10.1 Å². The Kier molecular flexibility index (Phi) is 4.65. The van der Waals surface area contributed by atoms with Gasteiger partial charge in [0.15, 0.2) is 0 Å². The predicted octanol–water partition coefficient (Wildman–Crippen LogP) is -0.535. The molecule has 1 aromatic heterocycles. The van der Waals surface area contributed by atoms with Crippen LogP contribution < -0.4 is 5.23 Å². The fraction of sp³-hybridized carbons (Fsp3) is 0.625. The van der Waals surface area contributed by atoms with Crippen molar-refractivity contribution in [3.8, 4) is 0 Å². The summed E-state index contributed by atoms with van der Waals surface area (Å²) in [5.74, 6) is 0.682. The van der Waals surface area contributed by atoms with Crippen LogP contribution in [0.2, 0.25) is 6.82 Å². The third-order valence-corrected chi connectivity index (χ3v) is 1.96. The Hall–Kier alpha value is -0.845. The SMILES string of the molecule is CB(O)NCCCn1ccnc1CO. The van der Waals surface area contributed by atoms with Gasteiger partial charge in [0.25, 0.3) is 0 Å². The fourth-order valence-corrected chi connectivity index (χ4v) is 1.26.